The Morgan fingerprint density at radius 1 is 1.07 bits per heavy atom. The highest BCUT2D eigenvalue weighted by molar-refractivity contribution is 6.35. The molecule has 3 rings (SSSR count). The van der Waals surface area contributed by atoms with Gasteiger partial charge in [-0.25, -0.2) is 9.48 Å². The number of benzene rings is 2. The van der Waals surface area contributed by atoms with Gasteiger partial charge in [0.25, 0.3) is 0 Å². The standard InChI is InChI=1S/C19H16Cl2N2O4/c1-25-17-12-23(14-5-3-2-4-6-14)22-18(17)19(24)27-10-9-26-16-8-7-13(20)11-15(16)21/h2-8,11-12H,9-10H2,1H3. The number of aromatic nitrogens is 2. The molecule has 0 radical (unpaired) electrons. The SMILES string of the molecule is COc1cn(-c2ccccc2)nc1C(=O)OCCOc1ccc(Cl)cc1Cl. The van der Waals surface area contributed by atoms with Crippen LogP contribution in [0.4, 0.5) is 0 Å². The summed E-state index contributed by atoms with van der Waals surface area (Å²) in [5.74, 6) is 0.181. The molecule has 0 aliphatic rings. The Bertz CT molecular complexity index is 929. The number of ether oxygens (including phenoxy) is 3. The van der Waals surface area contributed by atoms with Gasteiger partial charge in [-0.1, -0.05) is 41.4 Å². The molecular formula is C19H16Cl2N2O4. The lowest BCUT2D eigenvalue weighted by molar-refractivity contribution is 0.0440. The Kier molecular flexibility index (Phi) is 6.21. The first kappa shape index (κ1) is 19.1. The fourth-order valence-corrected chi connectivity index (χ4v) is 2.77. The quantitative estimate of drug-likeness (QED) is 0.429. The summed E-state index contributed by atoms with van der Waals surface area (Å²) in [5, 5.41) is 5.15. The Morgan fingerprint density at radius 3 is 2.56 bits per heavy atom. The molecule has 0 saturated heterocycles. The number of carbonyl (C=O) groups excluding carboxylic acids is 1. The fourth-order valence-electron chi connectivity index (χ4n) is 2.31. The molecule has 0 aliphatic carbocycles. The van der Waals surface area contributed by atoms with E-state index in [0.29, 0.717) is 21.5 Å². The van der Waals surface area contributed by atoms with Crippen LogP contribution in [0.15, 0.2) is 54.7 Å². The number of esters is 1. The maximum absolute atomic E-state index is 12.3. The Balaban J connectivity index is 1.60. The predicted molar refractivity (Wildman–Crippen MR) is 102 cm³/mol. The third-order valence-electron chi connectivity index (χ3n) is 3.58. The fraction of sp³-hybridized carbons (Fsp3) is 0.158. The average Bonchev–Trinajstić information content (AvgIpc) is 3.12. The summed E-state index contributed by atoms with van der Waals surface area (Å²) in [4.78, 5) is 12.3. The molecule has 0 unspecified atom stereocenters. The molecule has 8 heteroatoms. The number of rotatable bonds is 7. The van der Waals surface area contributed by atoms with E-state index >= 15 is 0 Å². The monoisotopic (exact) mass is 406 g/mol. The molecule has 0 bridgehead atoms. The Hall–Kier alpha value is -2.70. The molecule has 1 heterocycles. The summed E-state index contributed by atoms with van der Waals surface area (Å²) in [6.45, 7) is 0.161. The predicted octanol–water partition coefficient (Wildman–Crippen LogP) is 4.42. The molecule has 3 aromatic rings. The van der Waals surface area contributed by atoms with E-state index in [2.05, 4.69) is 5.10 Å². The van der Waals surface area contributed by atoms with Crippen LogP contribution in [0.1, 0.15) is 10.5 Å². The van der Waals surface area contributed by atoms with Crippen LogP contribution in [-0.2, 0) is 4.74 Å². The zero-order valence-corrected chi connectivity index (χ0v) is 15.9. The first-order valence-corrected chi connectivity index (χ1v) is 8.78. The summed E-state index contributed by atoms with van der Waals surface area (Å²) >= 11 is 11.9. The number of halogens is 2. The van der Waals surface area contributed by atoms with E-state index in [4.69, 9.17) is 37.4 Å². The maximum atomic E-state index is 12.3. The first-order chi connectivity index (χ1) is 13.1. The van der Waals surface area contributed by atoms with Crippen LogP contribution in [0.5, 0.6) is 11.5 Å². The van der Waals surface area contributed by atoms with Crippen LogP contribution in [-0.4, -0.2) is 36.1 Å². The topological polar surface area (TPSA) is 62.6 Å². The van der Waals surface area contributed by atoms with E-state index in [1.54, 1.807) is 29.1 Å². The van der Waals surface area contributed by atoms with Crippen LogP contribution in [0.3, 0.4) is 0 Å². The first-order valence-electron chi connectivity index (χ1n) is 8.02. The number of hydrogen-bond donors (Lipinski definition) is 0. The minimum Gasteiger partial charge on any atom is -0.493 e. The molecule has 1 aromatic heterocycles. The third-order valence-corrected chi connectivity index (χ3v) is 4.11. The molecule has 0 fully saturated rings. The van der Waals surface area contributed by atoms with Crippen LogP contribution in [0.2, 0.25) is 10.0 Å². The number of nitrogens with zero attached hydrogens (tertiary/aromatic N) is 2. The number of para-hydroxylation sites is 1. The van der Waals surface area contributed by atoms with Gasteiger partial charge in [-0.3, -0.25) is 0 Å². The summed E-state index contributed by atoms with van der Waals surface area (Å²) in [6, 6.07) is 14.3. The zero-order chi connectivity index (χ0) is 19.2. The lowest BCUT2D eigenvalue weighted by Gasteiger charge is -2.08. The molecular weight excluding hydrogens is 391 g/mol. The van der Waals surface area contributed by atoms with Crippen molar-refractivity contribution in [3.05, 3.63) is 70.5 Å². The normalized spacial score (nSPS) is 10.5. The molecule has 0 aliphatic heterocycles. The van der Waals surface area contributed by atoms with Gasteiger partial charge in [-0.05, 0) is 30.3 Å². The van der Waals surface area contributed by atoms with Gasteiger partial charge in [0.15, 0.2) is 5.75 Å². The molecule has 2 aromatic carbocycles. The molecule has 0 amide bonds. The third kappa shape index (κ3) is 4.72. The van der Waals surface area contributed by atoms with Gasteiger partial charge in [-0.15, -0.1) is 0 Å². The second-order valence-corrected chi connectivity index (χ2v) is 6.23. The number of methoxy groups -OCH3 is 1. The second-order valence-electron chi connectivity index (χ2n) is 5.39. The highest BCUT2D eigenvalue weighted by Crippen LogP contribution is 2.27. The van der Waals surface area contributed by atoms with Crippen LogP contribution in [0.25, 0.3) is 5.69 Å². The Morgan fingerprint density at radius 2 is 1.85 bits per heavy atom. The summed E-state index contributed by atoms with van der Waals surface area (Å²) in [7, 11) is 1.47. The van der Waals surface area contributed by atoms with Crippen molar-refractivity contribution in [2.75, 3.05) is 20.3 Å². The van der Waals surface area contributed by atoms with E-state index in [0.717, 1.165) is 5.69 Å². The van der Waals surface area contributed by atoms with Crippen LogP contribution < -0.4 is 9.47 Å². The lowest BCUT2D eigenvalue weighted by Crippen LogP contribution is -2.14. The summed E-state index contributed by atoms with van der Waals surface area (Å²) in [6.07, 6.45) is 1.62. The minimum absolute atomic E-state index is 0.0269. The molecule has 0 N–H and O–H groups in total. The Labute approximate surface area is 166 Å². The molecule has 0 saturated carbocycles. The number of carbonyl (C=O) groups is 1. The van der Waals surface area contributed by atoms with Crippen molar-refractivity contribution in [1.29, 1.82) is 0 Å². The van der Waals surface area contributed by atoms with Crippen molar-refractivity contribution in [2.45, 2.75) is 0 Å². The van der Waals surface area contributed by atoms with Gasteiger partial charge >= 0.3 is 5.97 Å². The minimum atomic E-state index is -0.604. The van der Waals surface area contributed by atoms with E-state index in [1.165, 1.54) is 7.11 Å². The van der Waals surface area contributed by atoms with Crippen LogP contribution >= 0.6 is 23.2 Å². The van der Waals surface area contributed by atoms with Gasteiger partial charge in [-0.2, -0.15) is 5.10 Å². The van der Waals surface area contributed by atoms with Gasteiger partial charge in [0.05, 0.1) is 24.0 Å². The van der Waals surface area contributed by atoms with Gasteiger partial charge in [0.2, 0.25) is 5.69 Å². The van der Waals surface area contributed by atoms with Gasteiger partial charge < -0.3 is 14.2 Å². The summed E-state index contributed by atoms with van der Waals surface area (Å²) in [5.41, 5.74) is 0.890. The lowest BCUT2D eigenvalue weighted by atomic mass is 10.3. The van der Waals surface area contributed by atoms with Crippen molar-refractivity contribution in [1.82, 2.24) is 9.78 Å². The van der Waals surface area contributed by atoms with E-state index in [9.17, 15) is 4.79 Å². The number of hydrogen-bond acceptors (Lipinski definition) is 5. The molecule has 0 spiro atoms. The molecule has 0 atom stereocenters. The average molecular weight is 407 g/mol. The maximum Gasteiger partial charge on any atom is 0.362 e. The van der Waals surface area contributed by atoms with Crippen LogP contribution in [0, 0.1) is 0 Å². The van der Waals surface area contributed by atoms with Gasteiger partial charge in [0, 0.05) is 5.02 Å². The van der Waals surface area contributed by atoms with Crippen molar-refractivity contribution in [3.8, 4) is 17.2 Å². The van der Waals surface area contributed by atoms with Crippen molar-refractivity contribution >= 4 is 29.2 Å². The largest absolute Gasteiger partial charge is 0.493 e. The van der Waals surface area contributed by atoms with Gasteiger partial charge in [0.1, 0.15) is 19.0 Å². The molecule has 27 heavy (non-hydrogen) atoms. The van der Waals surface area contributed by atoms with Crippen molar-refractivity contribution in [3.63, 3.8) is 0 Å². The smallest absolute Gasteiger partial charge is 0.362 e. The van der Waals surface area contributed by atoms with Crippen molar-refractivity contribution in [2.24, 2.45) is 0 Å². The molecule has 6 nitrogen and oxygen atoms in total. The zero-order valence-electron chi connectivity index (χ0n) is 14.4. The molecule has 140 valence electrons. The highest BCUT2D eigenvalue weighted by atomic mass is 35.5. The highest BCUT2D eigenvalue weighted by Gasteiger charge is 2.20. The van der Waals surface area contributed by atoms with E-state index < -0.39 is 5.97 Å². The van der Waals surface area contributed by atoms with Crippen molar-refractivity contribution < 1.29 is 19.0 Å². The summed E-state index contributed by atoms with van der Waals surface area (Å²) < 4.78 is 17.5. The second kappa shape index (κ2) is 8.79. The van der Waals surface area contributed by atoms with E-state index in [1.807, 2.05) is 30.3 Å². The van der Waals surface area contributed by atoms with E-state index in [-0.39, 0.29) is 18.9 Å².